The number of hydrogen-bond acceptors (Lipinski definition) is 4. The van der Waals surface area contributed by atoms with E-state index in [9.17, 15) is 0 Å². The second-order valence-electron chi connectivity index (χ2n) is 4.73. The summed E-state index contributed by atoms with van der Waals surface area (Å²) in [6.45, 7) is 4.34. The molecule has 2 aromatic rings. The number of rotatable bonds is 7. The van der Waals surface area contributed by atoms with Gasteiger partial charge in [0.2, 0.25) is 0 Å². The van der Waals surface area contributed by atoms with Crippen molar-refractivity contribution >= 4 is 0 Å². The number of nitrogens with one attached hydrogen (secondary N) is 1. The maximum Gasteiger partial charge on any atom is 0.165 e. The fraction of sp³-hybridized carbons (Fsp3) is 0.400. The van der Waals surface area contributed by atoms with E-state index in [1.165, 1.54) is 5.56 Å². The number of ether oxygens (including phenoxy) is 2. The van der Waals surface area contributed by atoms with Crippen molar-refractivity contribution in [2.24, 2.45) is 7.05 Å². The molecule has 1 heterocycles. The Kier molecular flexibility index (Phi) is 5.15. The van der Waals surface area contributed by atoms with Gasteiger partial charge in [-0.15, -0.1) is 0 Å². The van der Waals surface area contributed by atoms with Crippen LogP contribution in [0.4, 0.5) is 0 Å². The number of aromatic nitrogens is 2. The molecule has 108 valence electrons. The maximum atomic E-state index is 5.89. The predicted molar refractivity (Wildman–Crippen MR) is 78.0 cm³/mol. The average molecular weight is 275 g/mol. The number of aryl methyl sites for hydroxylation is 2. The van der Waals surface area contributed by atoms with Gasteiger partial charge in [0.15, 0.2) is 5.75 Å². The lowest BCUT2D eigenvalue weighted by atomic mass is 10.1. The third kappa shape index (κ3) is 4.08. The van der Waals surface area contributed by atoms with Gasteiger partial charge in [0.1, 0.15) is 5.75 Å². The van der Waals surface area contributed by atoms with Crippen molar-refractivity contribution in [3.05, 3.63) is 41.7 Å². The van der Waals surface area contributed by atoms with E-state index >= 15 is 0 Å². The zero-order chi connectivity index (χ0) is 14.4. The van der Waals surface area contributed by atoms with E-state index < -0.39 is 0 Å². The Morgan fingerprint density at radius 1 is 1.35 bits per heavy atom. The fourth-order valence-corrected chi connectivity index (χ4v) is 1.92. The molecule has 0 amide bonds. The van der Waals surface area contributed by atoms with E-state index in [2.05, 4.69) is 23.4 Å². The van der Waals surface area contributed by atoms with Crippen LogP contribution in [0, 0.1) is 6.92 Å². The lowest BCUT2D eigenvalue weighted by Crippen LogP contribution is -2.18. The van der Waals surface area contributed by atoms with Gasteiger partial charge < -0.3 is 14.8 Å². The van der Waals surface area contributed by atoms with E-state index in [0.717, 1.165) is 30.2 Å². The number of nitrogens with zero attached hydrogens (tertiary/aromatic N) is 2. The predicted octanol–water partition coefficient (Wildman–Crippen LogP) is 2.26. The topological polar surface area (TPSA) is 48.3 Å². The molecule has 0 aliphatic rings. The summed E-state index contributed by atoms with van der Waals surface area (Å²) in [5.41, 5.74) is 2.34. The van der Waals surface area contributed by atoms with E-state index in [4.69, 9.17) is 9.47 Å². The second kappa shape index (κ2) is 7.07. The van der Waals surface area contributed by atoms with Crippen LogP contribution in [0.2, 0.25) is 0 Å². The van der Waals surface area contributed by atoms with Gasteiger partial charge in [-0.05, 0) is 13.0 Å². The smallest absolute Gasteiger partial charge is 0.165 e. The van der Waals surface area contributed by atoms with Crippen molar-refractivity contribution in [3.8, 4) is 11.5 Å². The first-order valence-electron chi connectivity index (χ1n) is 6.64. The summed E-state index contributed by atoms with van der Waals surface area (Å²) in [7, 11) is 3.57. The molecule has 1 aromatic carbocycles. The molecule has 2 rings (SSSR count). The minimum absolute atomic E-state index is 0.699. The van der Waals surface area contributed by atoms with Crippen molar-refractivity contribution in [3.63, 3.8) is 0 Å². The van der Waals surface area contributed by atoms with Crippen LogP contribution in [0.5, 0.6) is 11.5 Å². The summed E-state index contributed by atoms with van der Waals surface area (Å²) in [6.07, 6.45) is 3.56. The normalized spacial score (nSPS) is 10.8. The second-order valence-corrected chi connectivity index (χ2v) is 4.73. The first-order chi connectivity index (χ1) is 9.69. The molecule has 1 N–H and O–H groups in total. The Labute approximate surface area is 119 Å². The Hall–Kier alpha value is -1.85. The van der Waals surface area contributed by atoms with Crippen molar-refractivity contribution in [1.82, 2.24) is 15.1 Å². The fourth-order valence-electron chi connectivity index (χ4n) is 1.92. The average Bonchev–Trinajstić information content (AvgIpc) is 2.83. The number of benzene rings is 1. The molecule has 0 aliphatic heterocycles. The standard InChI is InChI=1S/C15H21N3O2/c1-12-4-5-15(20-14-10-17-18(2)11-14)13(8-12)9-16-6-7-19-3/h4-5,8,10-11,16H,6-7,9H2,1-3H3. The molecule has 0 spiro atoms. The van der Waals surface area contributed by atoms with Crippen LogP contribution in [-0.2, 0) is 18.3 Å². The minimum atomic E-state index is 0.699. The van der Waals surface area contributed by atoms with Crippen molar-refractivity contribution in [1.29, 1.82) is 0 Å². The van der Waals surface area contributed by atoms with Crippen LogP contribution < -0.4 is 10.1 Å². The van der Waals surface area contributed by atoms with Gasteiger partial charge in [-0.2, -0.15) is 5.10 Å². The zero-order valence-corrected chi connectivity index (χ0v) is 12.2. The van der Waals surface area contributed by atoms with E-state index in [1.807, 2.05) is 25.4 Å². The Bertz CT molecular complexity index is 552. The van der Waals surface area contributed by atoms with Crippen molar-refractivity contribution in [2.45, 2.75) is 13.5 Å². The summed E-state index contributed by atoms with van der Waals surface area (Å²) in [5, 5.41) is 7.44. The molecule has 0 atom stereocenters. The molecule has 5 nitrogen and oxygen atoms in total. The molecule has 0 unspecified atom stereocenters. The molecule has 20 heavy (non-hydrogen) atoms. The molecule has 0 aliphatic carbocycles. The van der Waals surface area contributed by atoms with Gasteiger partial charge >= 0.3 is 0 Å². The molecular weight excluding hydrogens is 254 g/mol. The van der Waals surface area contributed by atoms with Crippen LogP contribution in [0.15, 0.2) is 30.6 Å². The van der Waals surface area contributed by atoms with Gasteiger partial charge in [-0.1, -0.05) is 17.7 Å². The van der Waals surface area contributed by atoms with E-state index in [0.29, 0.717) is 6.61 Å². The quantitative estimate of drug-likeness (QED) is 0.787. The maximum absolute atomic E-state index is 5.89. The van der Waals surface area contributed by atoms with Crippen LogP contribution in [0.25, 0.3) is 0 Å². The third-order valence-corrected chi connectivity index (χ3v) is 2.92. The van der Waals surface area contributed by atoms with Gasteiger partial charge in [-0.3, -0.25) is 4.68 Å². The van der Waals surface area contributed by atoms with E-state index in [1.54, 1.807) is 18.0 Å². The summed E-state index contributed by atoms with van der Waals surface area (Å²) < 4.78 is 12.6. The lowest BCUT2D eigenvalue weighted by molar-refractivity contribution is 0.199. The van der Waals surface area contributed by atoms with Gasteiger partial charge in [0.25, 0.3) is 0 Å². The largest absolute Gasteiger partial charge is 0.454 e. The highest BCUT2D eigenvalue weighted by molar-refractivity contribution is 5.39. The SMILES string of the molecule is COCCNCc1cc(C)ccc1Oc1cnn(C)c1. The Balaban J connectivity index is 2.06. The van der Waals surface area contributed by atoms with Gasteiger partial charge in [0.05, 0.1) is 19.0 Å². The Morgan fingerprint density at radius 2 is 2.20 bits per heavy atom. The number of hydrogen-bond donors (Lipinski definition) is 1. The zero-order valence-electron chi connectivity index (χ0n) is 12.2. The molecule has 0 fully saturated rings. The number of methoxy groups -OCH3 is 1. The molecule has 5 heteroatoms. The monoisotopic (exact) mass is 275 g/mol. The highest BCUT2D eigenvalue weighted by Crippen LogP contribution is 2.25. The van der Waals surface area contributed by atoms with Gasteiger partial charge in [-0.25, -0.2) is 0 Å². The van der Waals surface area contributed by atoms with Crippen LogP contribution in [-0.4, -0.2) is 30.0 Å². The molecule has 1 aromatic heterocycles. The molecule has 0 saturated carbocycles. The molecule has 0 bridgehead atoms. The van der Waals surface area contributed by atoms with Crippen LogP contribution >= 0.6 is 0 Å². The highest BCUT2D eigenvalue weighted by atomic mass is 16.5. The third-order valence-electron chi connectivity index (χ3n) is 2.92. The minimum Gasteiger partial charge on any atom is -0.454 e. The summed E-state index contributed by atoms with van der Waals surface area (Å²) in [4.78, 5) is 0. The highest BCUT2D eigenvalue weighted by Gasteiger charge is 2.06. The molecule has 0 radical (unpaired) electrons. The van der Waals surface area contributed by atoms with Crippen molar-refractivity contribution in [2.75, 3.05) is 20.3 Å². The summed E-state index contributed by atoms with van der Waals surface area (Å²) in [6, 6.07) is 6.17. The van der Waals surface area contributed by atoms with Gasteiger partial charge in [0, 0.05) is 32.8 Å². The van der Waals surface area contributed by atoms with Crippen LogP contribution in [0.1, 0.15) is 11.1 Å². The van der Waals surface area contributed by atoms with Crippen LogP contribution in [0.3, 0.4) is 0 Å². The summed E-state index contributed by atoms with van der Waals surface area (Å²) in [5.74, 6) is 1.60. The molecule has 0 saturated heterocycles. The first-order valence-corrected chi connectivity index (χ1v) is 6.64. The first kappa shape index (κ1) is 14.6. The molecular formula is C15H21N3O2. The summed E-state index contributed by atoms with van der Waals surface area (Å²) >= 11 is 0. The lowest BCUT2D eigenvalue weighted by Gasteiger charge is -2.11. The Morgan fingerprint density at radius 3 is 2.90 bits per heavy atom. The van der Waals surface area contributed by atoms with Crippen molar-refractivity contribution < 1.29 is 9.47 Å². The van der Waals surface area contributed by atoms with E-state index in [-0.39, 0.29) is 0 Å².